The lowest BCUT2D eigenvalue weighted by molar-refractivity contribution is -0.458. The zero-order valence-electron chi connectivity index (χ0n) is 10.8. The van der Waals surface area contributed by atoms with Crippen molar-refractivity contribution in [1.29, 1.82) is 5.53 Å². The molecular weight excluding hydrogens is 276 g/mol. The van der Waals surface area contributed by atoms with Crippen LogP contribution >= 0.6 is 23.5 Å². The van der Waals surface area contributed by atoms with Crippen LogP contribution in [0.1, 0.15) is 6.92 Å². The van der Waals surface area contributed by atoms with Crippen molar-refractivity contribution in [2.75, 3.05) is 12.5 Å². The van der Waals surface area contributed by atoms with Crippen LogP contribution in [0.25, 0.3) is 0 Å². The van der Waals surface area contributed by atoms with Gasteiger partial charge in [-0.25, -0.2) is 5.53 Å². The minimum absolute atomic E-state index is 0.602. The van der Waals surface area contributed by atoms with Gasteiger partial charge in [-0.1, -0.05) is 24.8 Å². The first kappa shape index (κ1) is 13.9. The second-order valence-corrected chi connectivity index (χ2v) is 6.22. The number of hydrogen-bond donors (Lipinski definition) is 2. The van der Waals surface area contributed by atoms with Gasteiger partial charge in [0.15, 0.2) is 7.05 Å². The first-order valence-electron chi connectivity index (χ1n) is 5.71. The van der Waals surface area contributed by atoms with Crippen LogP contribution < -0.4 is 5.43 Å². The number of hydrazine groups is 1. The van der Waals surface area contributed by atoms with E-state index in [0.29, 0.717) is 5.70 Å². The molecule has 0 amide bonds. The predicted octanol–water partition coefficient (Wildman–Crippen LogP) is 4.30. The molecule has 0 fully saturated rings. The minimum Gasteiger partial charge on any atom is -0.204 e. The Kier molecular flexibility index (Phi) is 4.44. The largest absolute Gasteiger partial charge is 0.308 e. The molecule has 2 N–H and O–H groups in total. The van der Waals surface area contributed by atoms with Crippen molar-refractivity contribution >= 4 is 33.6 Å². The van der Waals surface area contributed by atoms with Gasteiger partial charge in [0, 0.05) is 9.80 Å². The summed E-state index contributed by atoms with van der Waals surface area (Å²) in [6, 6.07) is 8.15. The Morgan fingerprint density at radius 1 is 1.53 bits per heavy atom. The number of benzene rings is 1. The van der Waals surface area contributed by atoms with Gasteiger partial charge in [-0.05, 0) is 42.6 Å². The summed E-state index contributed by atoms with van der Waals surface area (Å²) < 4.78 is 3.02. The van der Waals surface area contributed by atoms with Crippen LogP contribution in [-0.4, -0.2) is 16.1 Å². The molecule has 1 aliphatic rings. The third-order valence-electron chi connectivity index (χ3n) is 2.54. The molecule has 1 aromatic rings. The third kappa shape index (κ3) is 3.08. The molecule has 0 radical (unpaired) electrons. The summed E-state index contributed by atoms with van der Waals surface area (Å²) >= 11 is 3.20. The van der Waals surface area contributed by atoms with Gasteiger partial charge in [0.25, 0.3) is 0 Å². The summed E-state index contributed by atoms with van der Waals surface area (Å²) in [5.74, 6) is 0. The van der Waals surface area contributed by atoms with Gasteiger partial charge >= 0.3 is 4.38 Å². The zero-order chi connectivity index (χ0) is 13.8. The lowest BCUT2D eigenvalue weighted by Gasteiger charge is -2.15. The maximum Gasteiger partial charge on any atom is 0.308 e. The highest BCUT2D eigenvalue weighted by atomic mass is 32.2. The van der Waals surface area contributed by atoms with E-state index in [2.05, 4.69) is 23.2 Å². The number of para-hydroxylation sites is 1. The highest BCUT2D eigenvalue weighted by molar-refractivity contribution is 8.40. The number of nitrogens with one attached hydrogen (secondary N) is 2. The molecule has 6 heteroatoms. The van der Waals surface area contributed by atoms with Crippen molar-refractivity contribution < 1.29 is 4.68 Å². The number of allylic oxidation sites excluding steroid dienone is 1. The molecule has 0 saturated carbocycles. The average molecular weight is 291 g/mol. The highest BCUT2D eigenvalue weighted by Crippen LogP contribution is 2.38. The fourth-order valence-electron chi connectivity index (χ4n) is 1.57. The summed E-state index contributed by atoms with van der Waals surface area (Å²) in [5.41, 5.74) is 12.1. The van der Waals surface area contributed by atoms with E-state index in [1.165, 1.54) is 16.7 Å². The van der Waals surface area contributed by atoms with E-state index in [1.54, 1.807) is 17.8 Å². The first-order chi connectivity index (χ1) is 9.15. The molecule has 2 rings (SSSR count). The van der Waals surface area contributed by atoms with Gasteiger partial charge in [0.05, 0.1) is 5.70 Å². The summed E-state index contributed by atoms with van der Waals surface area (Å²) in [6.07, 6.45) is 1.79. The Morgan fingerprint density at radius 2 is 2.26 bits per heavy atom. The van der Waals surface area contributed by atoms with Crippen molar-refractivity contribution in [2.45, 2.75) is 11.8 Å². The van der Waals surface area contributed by atoms with Crippen LogP contribution in [0.2, 0.25) is 0 Å². The van der Waals surface area contributed by atoms with Crippen LogP contribution in [0, 0.1) is 5.53 Å². The summed E-state index contributed by atoms with van der Waals surface area (Å²) in [7, 11) is 1.96. The van der Waals surface area contributed by atoms with Crippen LogP contribution in [0.3, 0.4) is 0 Å². The molecule has 0 saturated heterocycles. The molecule has 98 valence electrons. The number of rotatable bonds is 3. The standard InChI is InChI=1S/C13H15N4S2/c1-4-10(15-14)9(2)18-13-17(3)16-11-7-5-6-8-12(11)19-13/h4-8,14,16H,2H2,1,3H3/q+1/b10-4+,15-14?. The lowest BCUT2D eigenvalue weighted by Crippen LogP contribution is -2.23. The fraction of sp³-hybridized carbons (Fsp3) is 0.154. The second-order valence-electron chi connectivity index (χ2n) is 3.85. The van der Waals surface area contributed by atoms with E-state index in [4.69, 9.17) is 5.53 Å². The van der Waals surface area contributed by atoms with E-state index >= 15 is 0 Å². The zero-order valence-corrected chi connectivity index (χ0v) is 12.4. The van der Waals surface area contributed by atoms with Gasteiger partial charge in [0.2, 0.25) is 0 Å². The second kappa shape index (κ2) is 6.08. The molecule has 1 aliphatic heterocycles. The van der Waals surface area contributed by atoms with Gasteiger partial charge < -0.3 is 0 Å². The summed E-state index contributed by atoms with van der Waals surface area (Å²) in [4.78, 5) is 1.95. The van der Waals surface area contributed by atoms with E-state index in [-0.39, 0.29) is 0 Å². The number of hydrogen-bond acceptors (Lipinski definition) is 5. The molecule has 0 bridgehead atoms. The molecule has 0 atom stereocenters. The topological polar surface area (TPSA) is 51.2 Å². The van der Waals surface area contributed by atoms with Crippen molar-refractivity contribution in [3.05, 3.63) is 47.5 Å². The van der Waals surface area contributed by atoms with Crippen molar-refractivity contribution in [3.8, 4) is 0 Å². The fourth-order valence-corrected chi connectivity index (χ4v) is 3.71. The Hall–Kier alpha value is -1.53. The lowest BCUT2D eigenvalue weighted by atomic mass is 10.3. The van der Waals surface area contributed by atoms with E-state index in [1.807, 2.05) is 36.9 Å². The van der Waals surface area contributed by atoms with Gasteiger partial charge in [-0.15, -0.1) is 4.68 Å². The summed E-state index contributed by atoms with van der Waals surface area (Å²) in [5, 5.41) is 3.47. The SMILES string of the molecule is C=C(SC1=[N+](C)Nc2ccccc2S1)/C(=C\C)N=N. The van der Waals surface area contributed by atoms with Crippen molar-refractivity contribution in [3.63, 3.8) is 0 Å². The van der Waals surface area contributed by atoms with Crippen LogP contribution in [0.5, 0.6) is 0 Å². The molecular formula is C13H15N4S2+. The normalized spacial score (nSPS) is 14.7. The van der Waals surface area contributed by atoms with Gasteiger partial charge in [-0.2, -0.15) is 10.5 Å². The molecule has 0 unspecified atom stereocenters. The van der Waals surface area contributed by atoms with E-state index in [0.717, 1.165) is 15.0 Å². The molecule has 1 aromatic carbocycles. The highest BCUT2D eigenvalue weighted by Gasteiger charge is 2.24. The molecule has 1 heterocycles. The number of nitrogens with zero attached hydrogens (tertiary/aromatic N) is 2. The van der Waals surface area contributed by atoms with Crippen molar-refractivity contribution in [1.82, 2.24) is 0 Å². The Balaban J connectivity index is 2.19. The maximum absolute atomic E-state index is 7.11. The quantitative estimate of drug-likeness (QED) is 0.496. The maximum atomic E-state index is 7.11. The third-order valence-corrected chi connectivity index (χ3v) is 4.96. The monoisotopic (exact) mass is 291 g/mol. The number of thioether (sulfide) groups is 2. The Morgan fingerprint density at radius 3 is 2.95 bits per heavy atom. The Bertz CT molecular complexity index is 590. The van der Waals surface area contributed by atoms with Crippen LogP contribution in [0.15, 0.2) is 57.5 Å². The first-order valence-corrected chi connectivity index (χ1v) is 7.34. The Labute approximate surface area is 121 Å². The molecule has 0 spiro atoms. The van der Waals surface area contributed by atoms with Gasteiger partial charge in [-0.3, -0.25) is 0 Å². The molecule has 4 nitrogen and oxygen atoms in total. The summed E-state index contributed by atoms with van der Waals surface area (Å²) in [6.45, 7) is 5.83. The van der Waals surface area contributed by atoms with Crippen LogP contribution in [0.4, 0.5) is 5.69 Å². The number of fused-ring (bicyclic) bond motifs is 1. The number of hydrazone groups is 1. The van der Waals surface area contributed by atoms with Crippen LogP contribution in [-0.2, 0) is 0 Å². The number of anilines is 1. The average Bonchev–Trinajstić information content (AvgIpc) is 2.41. The molecule has 0 aliphatic carbocycles. The van der Waals surface area contributed by atoms with E-state index < -0.39 is 0 Å². The van der Waals surface area contributed by atoms with Gasteiger partial charge in [0.1, 0.15) is 5.69 Å². The van der Waals surface area contributed by atoms with Crippen molar-refractivity contribution in [2.24, 2.45) is 5.11 Å². The smallest absolute Gasteiger partial charge is 0.204 e. The molecule has 0 aromatic heterocycles. The molecule has 19 heavy (non-hydrogen) atoms. The van der Waals surface area contributed by atoms with E-state index in [9.17, 15) is 0 Å². The minimum atomic E-state index is 0.602. The predicted molar refractivity (Wildman–Crippen MR) is 82.7 cm³/mol.